The van der Waals surface area contributed by atoms with Crippen molar-refractivity contribution in [3.05, 3.63) is 34.4 Å². The third-order valence-corrected chi connectivity index (χ3v) is 4.73. The van der Waals surface area contributed by atoms with E-state index in [9.17, 15) is 13.2 Å². The standard InChI is InChI=1S/C17H23F3/c1-4-13-5-7-14(8-6-13)15-9-11(2)16(12(3)10-15)17(18,19)20/h9-10,13-14H,4-8H2,1-3H3. The number of aryl methyl sites for hydroxylation is 2. The Labute approximate surface area is 119 Å². The van der Waals surface area contributed by atoms with Crippen molar-refractivity contribution in [1.29, 1.82) is 0 Å². The summed E-state index contributed by atoms with van der Waals surface area (Å²) in [7, 11) is 0. The van der Waals surface area contributed by atoms with Crippen LogP contribution in [0.4, 0.5) is 13.2 Å². The van der Waals surface area contributed by atoms with E-state index in [1.165, 1.54) is 19.3 Å². The maximum absolute atomic E-state index is 13.0. The van der Waals surface area contributed by atoms with Crippen LogP contribution in [-0.4, -0.2) is 0 Å². The first-order chi connectivity index (χ1) is 9.32. The fraction of sp³-hybridized carbons (Fsp3) is 0.647. The lowest BCUT2D eigenvalue weighted by atomic mass is 9.77. The molecule has 1 saturated carbocycles. The molecule has 0 aliphatic heterocycles. The molecule has 0 heterocycles. The van der Waals surface area contributed by atoms with Crippen molar-refractivity contribution in [3.8, 4) is 0 Å². The molecule has 2 rings (SSSR count). The quantitative estimate of drug-likeness (QED) is 0.624. The molecule has 0 aromatic heterocycles. The minimum Gasteiger partial charge on any atom is -0.166 e. The molecule has 0 N–H and O–H groups in total. The molecule has 0 bridgehead atoms. The summed E-state index contributed by atoms with van der Waals surface area (Å²) in [4.78, 5) is 0. The van der Waals surface area contributed by atoms with Gasteiger partial charge in [-0.3, -0.25) is 0 Å². The Morgan fingerprint density at radius 2 is 1.50 bits per heavy atom. The monoisotopic (exact) mass is 284 g/mol. The molecule has 1 aliphatic carbocycles. The molecule has 1 fully saturated rings. The topological polar surface area (TPSA) is 0 Å². The van der Waals surface area contributed by atoms with Gasteiger partial charge in [-0.2, -0.15) is 13.2 Å². The minimum absolute atomic E-state index is 0.366. The Bertz CT molecular complexity index is 443. The summed E-state index contributed by atoms with van der Waals surface area (Å²) in [5.74, 6) is 1.25. The smallest absolute Gasteiger partial charge is 0.166 e. The number of rotatable bonds is 2. The van der Waals surface area contributed by atoms with Crippen LogP contribution in [0.5, 0.6) is 0 Å². The van der Waals surface area contributed by atoms with Gasteiger partial charge in [0.25, 0.3) is 0 Å². The van der Waals surface area contributed by atoms with Crippen molar-refractivity contribution in [2.45, 2.75) is 65.0 Å². The van der Waals surface area contributed by atoms with Crippen LogP contribution in [0.2, 0.25) is 0 Å². The van der Waals surface area contributed by atoms with Crippen LogP contribution in [0, 0.1) is 19.8 Å². The molecule has 0 atom stereocenters. The highest BCUT2D eigenvalue weighted by Crippen LogP contribution is 2.40. The Kier molecular flexibility index (Phi) is 4.46. The zero-order valence-corrected chi connectivity index (χ0v) is 12.5. The van der Waals surface area contributed by atoms with Gasteiger partial charge in [-0.25, -0.2) is 0 Å². The number of hydrogen-bond acceptors (Lipinski definition) is 0. The molecule has 20 heavy (non-hydrogen) atoms. The van der Waals surface area contributed by atoms with Crippen LogP contribution >= 0.6 is 0 Å². The van der Waals surface area contributed by atoms with Crippen LogP contribution in [0.25, 0.3) is 0 Å². The molecule has 1 aliphatic rings. The second kappa shape index (κ2) is 5.79. The SMILES string of the molecule is CCC1CCC(c2cc(C)c(C(F)(F)F)c(C)c2)CC1. The van der Waals surface area contributed by atoms with Gasteiger partial charge in [0.2, 0.25) is 0 Å². The van der Waals surface area contributed by atoms with Gasteiger partial charge in [0, 0.05) is 0 Å². The highest BCUT2D eigenvalue weighted by Gasteiger charge is 2.34. The van der Waals surface area contributed by atoms with Crippen LogP contribution in [-0.2, 0) is 6.18 Å². The van der Waals surface area contributed by atoms with Crippen LogP contribution in [0.15, 0.2) is 12.1 Å². The van der Waals surface area contributed by atoms with Crippen molar-refractivity contribution >= 4 is 0 Å². The normalized spacial score (nSPS) is 23.9. The largest absolute Gasteiger partial charge is 0.416 e. The van der Waals surface area contributed by atoms with Crippen LogP contribution < -0.4 is 0 Å². The molecule has 0 unspecified atom stereocenters. The van der Waals surface area contributed by atoms with Crippen molar-refractivity contribution in [3.63, 3.8) is 0 Å². The predicted molar refractivity (Wildman–Crippen MR) is 75.9 cm³/mol. The van der Waals surface area contributed by atoms with Gasteiger partial charge in [-0.05, 0) is 68.1 Å². The van der Waals surface area contributed by atoms with E-state index < -0.39 is 11.7 Å². The molecule has 1 aromatic carbocycles. The van der Waals surface area contributed by atoms with Crippen LogP contribution in [0.1, 0.15) is 67.2 Å². The molecule has 0 nitrogen and oxygen atoms in total. The maximum Gasteiger partial charge on any atom is 0.416 e. The molecule has 0 radical (unpaired) electrons. The molecule has 3 heteroatoms. The third kappa shape index (κ3) is 3.18. The lowest BCUT2D eigenvalue weighted by molar-refractivity contribution is -0.138. The van der Waals surface area contributed by atoms with Gasteiger partial charge in [-0.1, -0.05) is 25.5 Å². The van der Waals surface area contributed by atoms with Gasteiger partial charge in [0.15, 0.2) is 0 Å². The second-order valence-corrected chi connectivity index (χ2v) is 6.15. The van der Waals surface area contributed by atoms with E-state index in [1.54, 1.807) is 26.0 Å². The van der Waals surface area contributed by atoms with E-state index in [4.69, 9.17) is 0 Å². The second-order valence-electron chi connectivity index (χ2n) is 6.15. The van der Waals surface area contributed by atoms with E-state index in [-0.39, 0.29) is 0 Å². The molecule has 0 amide bonds. The molecule has 1 aromatic rings. The summed E-state index contributed by atoms with van der Waals surface area (Å²) in [6.45, 7) is 5.38. The van der Waals surface area contributed by atoms with Gasteiger partial charge < -0.3 is 0 Å². The molecule has 112 valence electrons. The summed E-state index contributed by atoms with van der Waals surface area (Å²) in [6.07, 6.45) is 1.62. The summed E-state index contributed by atoms with van der Waals surface area (Å²) < 4.78 is 38.9. The Balaban J connectivity index is 2.23. The predicted octanol–water partition coefficient (Wildman–Crippen LogP) is 6.01. The lowest BCUT2D eigenvalue weighted by Gasteiger charge is -2.29. The molecular weight excluding hydrogens is 261 g/mol. The Morgan fingerprint density at radius 3 is 1.90 bits per heavy atom. The van der Waals surface area contributed by atoms with Crippen molar-refractivity contribution in [2.24, 2.45) is 5.92 Å². The van der Waals surface area contributed by atoms with Crippen LogP contribution in [0.3, 0.4) is 0 Å². The van der Waals surface area contributed by atoms with E-state index in [1.807, 2.05) is 0 Å². The summed E-state index contributed by atoms with van der Waals surface area (Å²) in [6, 6.07) is 3.51. The number of halogens is 3. The average Bonchev–Trinajstić information content (AvgIpc) is 2.36. The van der Waals surface area contributed by atoms with Gasteiger partial charge in [-0.15, -0.1) is 0 Å². The summed E-state index contributed by atoms with van der Waals surface area (Å²) in [5, 5.41) is 0. The molecule has 0 saturated heterocycles. The van der Waals surface area contributed by atoms with Gasteiger partial charge in [0.1, 0.15) is 0 Å². The minimum atomic E-state index is -4.24. The first kappa shape index (κ1) is 15.4. The van der Waals surface area contributed by atoms with E-state index in [2.05, 4.69) is 6.92 Å². The molecule has 0 spiro atoms. The lowest BCUT2D eigenvalue weighted by Crippen LogP contribution is -2.15. The summed E-state index contributed by atoms with van der Waals surface area (Å²) in [5.41, 5.74) is 1.38. The number of hydrogen-bond donors (Lipinski definition) is 0. The highest BCUT2D eigenvalue weighted by molar-refractivity contribution is 5.41. The fourth-order valence-corrected chi connectivity index (χ4v) is 3.58. The fourth-order valence-electron chi connectivity index (χ4n) is 3.58. The number of benzene rings is 1. The van der Waals surface area contributed by atoms with E-state index in [0.29, 0.717) is 17.0 Å². The van der Waals surface area contributed by atoms with E-state index >= 15 is 0 Å². The summed E-state index contributed by atoms with van der Waals surface area (Å²) >= 11 is 0. The Morgan fingerprint density at radius 1 is 1.00 bits per heavy atom. The Hall–Kier alpha value is -0.990. The maximum atomic E-state index is 13.0. The van der Waals surface area contributed by atoms with Crippen molar-refractivity contribution < 1.29 is 13.2 Å². The molecular formula is C17H23F3. The van der Waals surface area contributed by atoms with Crippen molar-refractivity contribution in [1.82, 2.24) is 0 Å². The number of alkyl halides is 3. The van der Waals surface area contributed by atoms with Gasteiger partial charge in [0.05, 0.1) is 5.56 Å². The third-order valence-electron chi connectivity index (χ3n) is 4.73. The average molecular weight is 284 g/mol. The zero-order chi connectivity index (χ0) is 14.9. The van der Waals surface area contributed by atoms with E-state index in [0.717, 1.165) is 24.3 Å². The first-order valence-corrected chi connectivity index (χ1v) is 7.51. The highest BCUT2D eigenvalue weighted by atomic mass is 19.4. The van der Waals surface area contributed by atoms with Crippen molar-refractivity contribution in [2.75, 3.05) is 0 Å². The first-order valence-electron chi connectivity index (χ1n) is 7.51. The van der Waals surface area contributed by atoms with Gasteiger partial charge >= 0.3 is 6.18 Å². The zero-order valence-electron chi connectivity index (χ0n) is 12.5.